The van der Waals surface area contributed by atoms with E-state index in [1.165, 1.54) is 17.6 Å². The molecule has 0 aromatic heterocycles. The molecule has 0 amide bonds. The van der Waals surface area contributed by atoms with E-state index in [-0.39, 0.29) is 0 Å². The van der Waals surface area contributed by atoms with E-state index in [1.807, 2.05) is 36.4 Å². The van der Waals surface area contributed by atoms with Crippen molar-refractivity contribution in [1.29, 1.82) is 0 Å². The normalized spacial score (nSPS) is 15.8. The molecule has 0 radical (unpaired) electrons. The van der Waals surface area contributed by atoms with Crippen molar-refractivity contribution in [3.8, 4) is 5.75 Å². The molecule has 1 heterocycles. The standard InChI is InChI=1S/C18H20N4O3S2/c1-22(27(3,23)24)14-10-8-13(9-11-14)16-12-26-18(21-20-16)19-15-6-4-5-7-17(15)25-2/h4-11H,12H2,1-3H3,(H,19,21). The highest BCUT2D eigenvalue weighted by Crippen LogP contribution is 2.28. The average Bonchev–Trinajstić information content (AvgIpc) is 2.68. The molecule has 1 aliphatic rings. The zero-order valence-electron chi connectivity index (χ0n) is 15.2. The minimum absolute atomic E-state index is 0.608. The summed E-state index contributed by atoms with van der Waals surface area (Å²) in [7, 11) is -0.135. The topological polar surface area (TPSA) is 83.4 Å². The molecular weight excluding hydrogens is 384 g/mol. The van der Waals surface area contributed by atoms with Crippen LogP contribution in [0.1, 0.15) is 5.56 Å². The van der Waals surface area contributed by atoms with Crippen LogP contribution < -0.4 is 14.5 Å². The third kappa shape index (κ3) is 4.61. The molecule has 142 valence electrons. The Morgan fingerprint density at radius 1 is 1.19 bits per heavy atom. The summed E-state index contributed by atoms with van der Waals surface area (Å²) >= 11 is 1.54. The number of para-hydroxylation sites is 2. The number of hydrogen-bond donors (Lipinski definition) is 1. The molecular formula is C18H20N4O3S2. The quantitative estimate of drug-likeness (QED) is 0.829. The maximum Gasteiger partial charge on any atom is 0.231 e. The van der Waals surface area contributed by atoms with Crippen molar-refractivity contribution in [2.75, 3.05) is 30.5 Å². The van der Waals surface area contributed by atoms with Crippen LogP contribution in [0, 0.1) is 0 Å². The van der Waals surface area contributed by atoms with E-state index in [1.54, 1.807) is 31.0 Å². The number of aliphatic imine (C=N–C) groups is 1. The van der Waals surface area contributed by atoms with Gasteiger partial charge in [0.2, 0.25) is 10.0 Å². The number of benzene rings is 2. The van der Waals surface area contributed by atoms with Gasteiger partial charge in [-0.15, -0.1) is 0 Å². The Bertz CT molecular complexity index is 986. The van der Waals surface area contributed by atoms with Crippen LogP contribution in [0.15, 0.2) is 58.6 Å². The summed E-state index contributed by atoms with van der Waals surface area (Å²) in [6, 6.07) is 14.8. The smallest absolute Gasteiger partial charge is 0.231 e. The lowest BCUT2D eigenvalue weighted by Crippen LogP contribution is -2.26. The molecule has 7 nitrogen and oxygen atoms in total. The lowest BCUT2D eigenvalue weighted by molar-refractivity contribution is 0.416. The molecule has 2 aromatic rings. The number of methoxy groups -OCH3 is 1. The Morgan fingerprint density at radius 3 is 2.48 bits per heavy atom. The van der Waals surface area contributed by atoms with Gasteiger partial charge in [-0.3, -0.25) is 9.73 Å². The number of ether oxygens (including phenoxy) is 1. The monoisotopic (exact) mass is 404 g/mol. The number of thioether (sulfide) groups is 1. The summed E-state index contributed by atoms with van der Waals surface area (Å²) in [6.45, 7) is 0. The van der Waals surface area contributed by atoms with Crippen molar-refractivity contribution in [2.24, 2.45) is 10.1 Å². The Hall–Kier alpha value is -2.52. The molecule has 1 N–H and O–H groups in total. The van der Waals surface area contributed by atoms with E-state index >= 15 is 0 Å². The van der Waals surface area contributed by atoms with Crippen LogP contribution in [-0.2, 0) is 10.0 Å². The fraction of sp³-hybridized carbons (Fsp3) is 0.222. The molecule has 9 heteroatoms. The molecule has 0 spiro atoms. The second-order valence-corrected chi connectivity index (χ2v) is 8.80. The van der Waals surface area contributed by atoms with Crippen LogP contribution in [0.5, 0.6) is 5.75 Å². The molecule has 0 aliphatic carbocycles. The first-order valence-electron chi connectivity index (χ1n) is 8.10. The van der Waals surface area contributed by atoms with Gasteiger partial charge in [0, 0.05) is 12.8 Å². The summed E-state index contributed by atoms with van der Waals surface area (Å²) < 4.78 is 29.8. The van der Waals surface area contributed by atoms with E-state index in [4.69, 9.17) is 4.74 Å². The minimum Gasteiger partial charge on any atom is -0.494 e. The Kier molecular flexibility index (Phi) is 5.71. The fourth-order valence-electron chi connectivity index (χ4n) is 2.41. The van der Waals surface area contributed by atoms with Crippen molar-refractivity contribution >= 4 is 44.0 Å². The zero-order valence-corrected chi connectivity index (χ0v) is 16.8. The molecule has 0 saturated carbocycles. The molecule has 0 saturated heterocycles. The molecule has 27 heavy (non-hydrogen) atoms. The summed E-state index contributed by atoms with van der Waals surface area (Å²) in [4.78, 5) is 4.54. The minimum atomic E-state index is -3.28. The van der Waals surface area contributed by atoms with Crippen LogP contribution in [0.2, 0.25) is 0 Å². The SMILES string of the molecule is COc1ccccc1N=C1NN=C(c2ccc(N(C)S(C)(=O)=O)cc2)CS1. The lowest BCUT2D eigenvalue weighted by atomic mass is 10.1. The first kappa shape index (κ1) is 19.2. The molecule has 3 rings (SSSR count). The number of nitrogens with one attached hydrogen (secondary N) is 1. The molecule has 1 aliphatic heterocycles. The number of sulfonamides is 1. The van der Waals surface area contributed by atoms with Crippen LogP contribution in [0.4, 0.5) is 11.4 Å². The number of nitrogens with zero attached hydrogens (tertiary/aromatic N) is 3. The van der Waals surface area contributed by atoms with Crippen LogP contribution in [-0.4, -0.2) is 45.5 Å². The van der Waals surface area contributed by atoms with Gasteiger partial charge in [0.05, 0.1) is 24.8 Å². The van der Waals surface area contributed by atoms with Crippen molar-refractivity contribution in [3.05, 3.63) is 54.1 Å². The molecule has 0 unspecified atom stereocenters. The predicted molar refractivity (Wildman–Crippen MR) is 112 cm³/mol. The predicted octanol–water partition coefficient (Wildman–Crippen LogP) is 2.82. The Balaban J connectivity index is 1.75. The van der Waals surface area contributed by atoms with Gasteiger partial charge in [-0.25, -0.2) is 13.4 Å². The van der Waals surface area contributed by atoms with E-state index in [2.05, 4.69) is 15.5 Å². The second kappa shape index (κ2) is 8.01. The fourth-order valence-corrected chi connectivity index (χ4v) is 3.69. The first-order chi connectivity index (χ1) is 12.9. The summed E-state index contributed by atoms with van der Waals surface area (Å²) in [5.41, 5.74) is 6.11. The van der Waals surface area contributed by atoms with Crippen LogP contribution in [0.3, 0.4) is 0 Å². The highest BCUT2D eigenvalue weighted by Gasteiger charge is 2.16. The summed E-state index contributed by atoms with van der Waals surface area (Å²) in [5.74, 6) is 1.36. The van der Waals surface area contributed by atoms with Crippen molar-refractivity contribution in [3.63, 3.8) is 0 Å². The Labute approximate surface area is 163 Å². The summed E-state index contributed by atoms with van der Waals surface area (Å²) in [6.07, 6.45) is 1.18. The van der Waals surface area contributed by atoms with Gasteiger partial charge >= 0.3 is 0 Å². The highest BCUT2D eigenvalue weighted by molar-refractivity contribution is 8.14. The highest BCUT2D eigenvalue weighted by atomic mass is 32.2. The van der Waals surface area contributed by atoms with Crippen molar-refractivity contribution in [2.45, 2.75) is 0 Å². The van der Waals surface area contributed by atoms with Gasteiger partial charge in [-0.1, -0.05) is 36.0 Å². The van der Waals surface area contributed by atoms with E-state index in [0.29, 0.717) is 22.4 Å². The lowest BCUT2D eigenvalue weighted by Gasteiger charge is -2.18. The third-order valence-electron chi connectivity index (χ3n) is 4.00. The maximum absolute atomic E-state index is 11.6. The molecule has 2 aromatic carbocycles. The first-order valence-corrected chi connectivity index (χ1v) is 10.9. The second-order valence-electron chi connectivity index (χ2n) is 5.83. The van der Waals surface area contributed by atoms with E-state index < -0.39 is 10.0 Å². The van der Waals surface area contributed by atoms with Gasteiger partial charge in [-0.2, -0.15) is 5.10 Å². The Morgan fingerprint density at radius 2 is 1.89 bits per heavy atom. The number of anilines is 1. The van der Waals surface area contributed by atoms with E-state index in [9.17, 15) is 8.42 Å². The van der Waals surface area contributed by atoms with Gasteiger partial charge in [0.1, 0.15) is 11.4 Å². The van der Waals surface area contributed by atoms with Crippen molar-refractivity contribution in [1.82, 2.24) is 5.43 Å². The number of amidine groups is 1. The van der Waals surface area contributed by atoms with Crippen molar-refractivity contribution < 1.29 is 13.2 Å². The van der Waals surface area contributed by atoms with Crippen LogP contribution >= 0.6 is 11.8 Å². The van der Waals surface area contributed by atoms with Gasteiger partial charge < -0.3 is 4.74 Å². The molecule has 0 atom stereocenters. The summed E-state index contributed by atoms with van der Waals surface area (Å²) in [5, 5.41) is 5.09. The van der Waals surface area contributed by atoms with Gasteiger partial charge in [0.25, 0.3) is 0 Å². The average molecular weight is 405 g/mol. The number of hydrogen-bond acceptors (Lipinski definition) is 6. The maximum atomic E-state index is 11.6. The largest absolute Gasteiger partial charge is 0.494 e. The molecule has 0 fully saturated rings. The van der Waals surface area contributed by atoms with Gasteiger partial charge in [-0.05, 0) is 29.8 Å². The van der Waals surface area contributed by atoms with Gasteiger partial charge in [0.15, 0.2) is 5.17 Å². The zero-order chi connectivity index (χ0) is 19.4. The number of rotatable bonds is 5. The van der Waals surface area contributed by atoms with Crippen LogP contribution in [0.25, 0.3) is 0 Å². The molecule has 0 bridgehead atoms. The number of hydrazone groups is 1. The van der Waals surface area contributed by atoms with E-state index in [0.717, 1.165) is 17.0 Å². The third-order valence-corrected chi connectivity index (χ3v) is 6.08.